The first kappa shape index (κ1) is 14.6. The summed E-state index contributed by atoms with van der Waals surface area (Å²) in [4.78, 5) is 13.8. The molecule has 2 N–H and O–H groups in total. The fourth-order valence-electron chi connectivity index (χ4n) is 1.78. The first-order valence-corrected chi connectivity index (χ1v) is 6.35. The lowest BCUT2D eigenvalue weighted by molar-refractivity contribution is 0.0753. The number of unbranched alkanes of at least 4 members (excludes halogenated alkanes) is 1. The molecule has 0 spiro atoms. The third-order valence-electron chi connectivity index (χ3n) is 2.82. The van der Waals surface area contributed by atoms with E-state index in [0.29, 0.717) is 19.6 Å². The Hall–Kier alpha value is -1.42. The Labute approximate surface area is 108 Å². The molecule has 0 saturated heterocycles. The van der Waals surface area contributed by atoms with E-state index in [2.05, 4.69) is 6.92 Å². The number of amides is 1. The first-order chi connectivity index (χ1) is 8.60. The lowest BCUT2D eigenvalue weighted by atomic mass is 10.1. The van der Waals surface area contributed by atoms with Crippen molar-refractivity contribution in [2.75, 3.05) is 19.6 Å². The Morgan fingerprint density at radius 3 is 2.67 bits per heavy atom. The van der Waals surface area contributed by atoms with Gasteiger partial charge in [-0.05, 0) is 31.0 Å². The highest BCUT2D eigenvalue weighted by Crippen LogP contribution is 2.13. The summed E-state index contributed by atoms with van der Waals surface area (Å²) in [5.74, 6) is -0.732. The van der Waals surface area contributed by atoms with E-state index in [1.54, 1.807) is 24.0 Å². The van der Waals surface area contributed by atoms with E-state index in [-0.39, 0.29) is 11.5 Å². The molecule has 1 aromatic rings. The molecule has 0 fully saturated rings. The van der Waals surface area contributed by atoms with Crippen LogP contribution in [0, 0.1) is 12.7 Å². The molecule has 0 bridgehead atoms. The van der Waals surface area contributed by atoms with Crippen molar-refractivity contribution in [3.05, 3.63) is 35.1 Å². The van der Waals surface area contributed by atoms with Crippen molar-refractivity contribution in [2.24, 2.45) is 5.73 Å². The van der Waals surface area contributed by atoms with Gasteiger partial charge in [0.05, 0.1) is 5.56 Å². The van der Waals surface area contributed by atoms with Gasteiger partial charge in [0.15, 0.2) is 0 Å². The number of carbonyl (C=O) groups excluding carboxylic acids is 1. The van der Waals surface area contributed by atoms with Crippen LogP contribution in [0.1, 0.15) is 35.7 Å². The minimum Gasteiger partial charge on any atom is -0.337 e. The second kappa shape index (κ2) is 7.11. The average Bonchev–Trinajstić information content (AvgIpc) is 2.33. The summed E-state index contributed by atoms with van der Waals surface area (Å²) in [6, 6.07) is 4.67. The Morgan fingerprint density at radius 1 is 1.39 bits per heavy atom. The van der Waals surface area contributed by atoms with Gasteiger partial charge in [0.2, 0.25) is 0 Å². The molecule has 0 aliphatic rings. The van der Waals surface area contributed by atoms with E-state index in [9.17, 15) is 9.18 Å². The van der Waals surface area contributed by atoms with Crippen molar-refractivity contribution < 1.29 is 9.18 Å². The van der Waals surface area contributed by atoms with Gasteiger partial charge in [-0.25, -0.2) is 4.39 Å². The number of rotatable bonds is 6. The maximum absolute atomic E-state index is 13.7. The van der Waals surface area contributed by atoms with Gasteiger partial charge in [0.25, 0.3) is 5.91 Å². The molecule has 18 heavy (non-hydrogen) atoms. The van der Waals surface area contributed by atoms with Crippen LogP contribution in [0.15, 0.2) is 18.2 Å². The average molecular weight is 252 g/mol. The standard InChI is InChI=1S/C14H21FN2O/c1-3-4-8-17(9-7-16)14(18)12-6-5-11(2)10-13(12)15/h5-6,10H,3-4,7-9,16H2,1-2H3. The molecule has 100 valence electrons. The van der Waals surface area contributed by atoms with Crippen molar-refractivity contribution in [2.45, 2.75) is 26.7 Å². The Bertz CT molecular complexity index is 407. The van der Waals surface area contributed by atoms with Crippen LogP contribution >= 0.6 is 0 Å². The Kier molecular flexibility index (Phi) is 5.78. The lowest BCUT2D eigenvalue weighted by Crippen LogP contribution is -2.36. The summed E-state index contributed by atoms with van der Waals surface area (Å²) in [6.45, 7) is 5.33. The smallest absolute Gasteiger partial charge is 0.256 e. The van der Waals surface area contributed by atoms with Crippen LogP contribution in [0.3, 0.4) is 0 Å². The second-order valence-electron chi connectivity index (χ2n) is 4.42. The van der Waals surface area contributed by atoms with Gasteiger partial charge in [-0.1, -0.05) is 19.4 Å². The van der Waals surface area contributed by atoms with Crippen LogP contribution in [0.25, 0.3) is 0 Å². The normalized spacial score (nSPS) is 10.4. The van der Waals surface area contributed by atoms with Crippen LogP contribution in [0.2, 0.25) is 0 Å². The fourth-order valence-corrected chi connectivity index (χ4v) is 1.78. The van der Waals surface area contributed by atoms with Gasteiger partial charge >= 0.3 is 0 Å². The number of hydrogen-bond acceptors (Lipinski definition) is 2. The summed E-state index contributed by atoms with van der Waals surface area (Å²) in [7, 11) is 0. The minimum absolute atomic E-state index is 0.130. The molecule has 0 heterocycles. The SMILES string of the molecule is CCCCN(CCN)C(=O)c1ccc(C)cc1F. The summed E-state index contributed by atoms with van der Waals surface area (Å²) in [6.07, 6.45) is 1.89. The van der Waals surface area contributed by atoms with Gasteiger partial charge in [0.1, 0.15) is 5.82 Å². The van der Waals surface area contributed by atoms with Gasteiger partial charge in [-0.15, -0.1) is 0 Å². The van der Waals surface area contributed by atoms with Crippen molar-refractivity contribution in [3.8, 4) is 0 Å². The maximum Gasteiger partial charge on any atom is 0.256 e. The molecule has 4 heteroatoms. The zero-order valence-corrected chi connectivity index (χ0v) is 11.1. The van der Waals surface area contributed by atoms with Crippen LogP contribution < -0.4 is 5.73 Å². The van der Waals surface area contributed by atoms with E-state index in [4.69, 9.17) is 5.73 Å². The molecule has 0 radical (unpaired) electrons. The summed E-state index contributed by atoms with van der Waals surface area (Å²) in [5.41, 5.74) is 6.43. The molecule has 0 unspecified atom stereocenters. The third kappa shape index (κ3) is 3.81. The predicted octanol–water partition coefficient (Wildman–Crippen LogP) is 2.34. The van der Waals surface area contributed by atoms with Gasteiger partial charge in [-0.3, -0.25) is 4.79 Å². The number of halogens is 1. The highest BCUT2D eigenvalue weighted by molar-refractivity contribution is 5.94. The number of benzene rings is 1. The highest BCUT2D eigenvalue weighted by Gasteiger charge is 2.18. The quantitative estimate of drug-likeness (QED) is 0.844. The predicted molar refractivity (Wildman–Crippen MR) is 71.0 cm³/mol. The summed E-state index contributed by atoms with van der Waals surface area (Å²) < 4.78 is 13.7. The van der Waals surface area contributed by atoms with E-state index >= 15 is 0 Å². The number of carbonyl (C=O) groups is 1. The molecule has 0 atom stereocenters. The molecule has 1 amide bonds. The van der Waals surface area contributed by atoms with Gasteiger partial charge in [-0.2, -0.15) is 0 Å². The van der Waals surface area contributed by atoms with Crippen molar-refractivity contribution >= 4 is 5.91 Å². The van der Waals surface area contributed by atoms with Crippen LogP contribution in [0.4, 0.5) is 4.39 Å². The van der Waals surface area contributed by atoms with E-state index in [0.717, 1.165) is 18.4 Å². The van der Waals surface area contributed by atoms with Crippen LogP contribution in [-0.2, 0) is 0 Å². The van der Waals surface area contributed by atoms with Crippen LogP contribution in [-0.4, -0.2) is 30.4 Å². The fraction of sp³-hybridized carbons (Fsp3) is 0.500. The summed E-state index contributed by atoms with van der Waals surface area (Å²) in [5, 5.41) is 0. The summed E-state index contributed by atoms with van der Waals surface area (Å²) >= 11 is 0. The molecule has 0 aliphatic heterocycles. The molecule has 0 aromatic heterocycles. The number of hydrogen-bond donors (Lipinski definition) is 1. The molecule has 1 aromatic carbocycles. The largest absolute Gasteiger partial charge is 0.337 e. The molecule has 3 nitrogen and oxygen atoms in total. The monoisotopic (exact) mass is 252 g/mol. The second-order valence-corrected chi connectivity index (χ2v) is 4.42. The highest BCUT2D eigenvalue weighted by atomic mass is 19.1. The van der Waals surface area contributed by atoms with Crippen molar-refractivity contribution in [1.29, 1.82) is 0 Å². The molecule has 1 rings (SSSR count). The lowest BCUT2D eigenvalue weighted by Gasteiger charge is -2.22. The topological polar surface area (TPSA) is 46.3 Å². The third-order valence-corrected chi connectivity index (χ3v) is 2.82. The van der Waals surface area contributed by atoms with Crippen molar-refractivity contribution in [1.82, 2.24) is 4.90 Å². The maximum atomic E-state index is 13.7. The van der Waals surface area contributed by atoms with E-state index < -0.39 is 5.82 Å². The van der Waals surface area contributed by atoms with E-state index in [1.807, 2.05) is 0 Å². The number of nitrogens with zero attached hydrogens (tertiary/aromatic N) is 1. The molecule has 0 saturated carbocycles. The molecule has 0 aliphatic carbocycles. The molecular weight excluding hydrogens is 231 g/mol. The van der Waals surface area contributed by atoms with E-state index in [1.165, 1.54) is 6.07 Å². The number of nitrogens with two attached hydrogens (primary N) is 1. The zero-order chi connectivity index (χ0) is 13.5. The zero-order valence-electron chi connectivity index (χ0n) is 11.1. The van der Waals surface area contributed by atoms with Gasteiger partial charge in [0, 0.05) is 19.6 Å². The van der Waals surface area contributed by atoms with Gasteiger partial charge < -0.3 is 10.6 Å². The minimum atomic E-state index is -0.460. The number of aryl methyl sites for hydroxylation is 1. The Morgan fingerprint density at radius 2 is 2.11 bits per heavy atom. The Balaban J connectivity index is 2.87. The van der Waals surface area contributed by atoms with Crippen LogP contribution in [0.5, 0.6) is 0 Å². The van der Waals surface area contributed by atoms with Crippen molar-refractivity contribution in [3.63, 3.8) is 0 Å². The first-order valence-electron chi connectivity index (χ1n) is 6.35. The molecular formula is C14H21FN2O.